The number of sulfone groups is 1. The zero-order chi connectivity index (χ0) is 22.2. The molecule has 2 N–H and O–H groups in total. The number of nitrogens with zero attached hydrogens (tertiary/aromatic N) is 4. The first-order chi connectivity index (χ1) is 14.8. The molecule has 1 fully saturated rings. The van der Waals surface area contributed by atoms with Crippen LogP contribution in [0.1, 0.15) is 19.8 Å². The highest BCUT2D eigenvalue weighted by Crippen LogP contribution is 2.36. The molecule has 10 heteroatoms. The Hall–Kier alpha value is -3.14. The predicted molar refractivity (Wildman–Crippen MR) is 118 cm³/mol. The van der Waals surface area contributed by atoms with E-state index in [0.29, 0.717) is 24.5 Å². The van der Waals surface area contributed by atoms with E-state index in [0.717, 1.165) is 36.3 Å². The summed E-state index contributed by atoms with van der Waals surface area (Å²) < 4.78 is 30.5. The number of fused-ring (bicyclic) bond motifs is 1. The van der Waals surface area contributed by atoms with Crippen LogP contribution in [0, 0.1) is 5.92 Å². The van der Waals surface area contributed by atoms with Gasteiger partial charge in [-0.3, -0.25) is 4.79 Å². The molecule has 3 heterocycles. The van der Waals surface area contributed by atoms with Crippen molar-refractivity contribution in [2.45, 2.75) is 24.7 Å². The van der Waals surface area contributed by atoms with Gasteiger partial charge in [-0.05, 0) is 38.0 Å². The number of hydrogen-bond acceptors (Lipinski definition) is 8. The number of nitrogen functional groups attached to an aromatic ring is 1. The number of benzene rings is 1. The summed E-state index contributed by atoms with van der Waals surface area (Å²) in [6.45, 7) is 3.47. The normalized spacial score (nSPS) is 17.1. The second-order valence-electron chi connectivity index (χ2n) is 7.65. The molecule has 4 rings (SSSR count). The van der Waals surface area contributed by atoms with Crippen LogP contribution < -0.4 is 10.6 Å². The number of carbonyl (C=O) groups is 1. The van der Waals surface area contributed by atoms with Gasteiger partial charge in [-0.15, -0.1) is 0 Å². The van der Waals surface area contributed by atoms with Gasteiger partial charge < -0.3 is 15.4 Å². The first kappa shape index (κ1) is 21.1. The minimum absolute atomic E-state index is 0.184. The smallest absolute Gasteiger partial charge is 0.310 e. The average Bonchev–Trinajstić information content (AvgIpc) is 3.15. The van der Waals surface area contributed by atoms with E-state index in [1.807, 2.05) is 6.07 Å². The first-order valence-electron chi connectivity index (χ1n) is 10.1. The number of hydrogen-bond donors (Lipinski definition) is 1. The first-order valence-corrected chi connectivity index (χ1v) is 12.0. The van der Waals surface area contributed by atoms with Crippen molar-refractivity contribution >= 4 is 32.8 Å². The number of piperidine rings is 1. The predicted octanol–water partition coefficient (Wildman–Crippen LogP) is 2.16. The lowest BCUT2D eigenvalue weighted by Gasteiger charge is -2.32. The largest absolute Gasteiger partial charge is 0.466 e. The van der Waals surface area contributed by atoms with E-state index in [9.17, 15) is 13.2 Å². The van der Waals surface area contributed by atoms with Crippen LogP contribution in [0.25, 0.3) is 16.8 Å². The zero-order valence-corrected chi connectivity index (χ0v) is 18.3. The van der Waals surface area contributed by atoms with Crippen molar-refractivity contribution in [1.29, 1.82) is 0 Å². The van der Waals surface area contributed by atoms with E-state index in [2.05, 4.69) is 15.0 Å². The Bertz CT molecular complexity index is 1220. The van der Waals surface area contributed by atoms with Crippen LogP contribution in [0.4, 0.5) is 11.5 Å². The van der Waals surface area contributed by atoms with Crippen molar-refractivity contribution in [3.05, 3.63) is 36.7 Å². The molecule has 2 aromatic heterocycles. The molecule has 1 aliphatic rings. The monoisotopic (exact) mass is 443 g/mol. The maximum absolute atomic E-state index is 12.3. The Morgan fingerprint density at radius 1 is 1.29 bits per heavy atom. The molecule has 3 aromatic rings. The number of ether oxygens (including phenoxy) is 1. The molecular formula is C21H25N5O4S. The van der Waals surface area contributed by atoms with Crippen LogP contribution in [0.3, 0.4) is 0 Å². The third-order valence-electron chi connectivity index (χ3n) is 5.52. The Morgan fingerprint density at radius 3 is 2.71 bits per heavy atom. The van der Waals surface area contributed by atoms with E-state index in [4.69, 9.17) is 10.5 Å². The number of rotatable bonds is 5. The van der Waals surface area contributed by atoms with Crippen LogP contribution in [0.15, 0.2) is 41.6 Å². The molecular weight excluding hydrogens is 418 g/mol. The van der Waals surface area contributed by atoms with Gasteiger partial charge in [-0.2, -0.15) is 5.10 Å². The summed E-state index contributed by atoms with van der Waals surface area (Å²) >= 11 is 0. The van der Waals surface area contributed by atoms with E-state index < -0.39 is 9.84 Å². The molecule has 0 radical (unpaired) electrons. The summed E-state index contributed by atoms with van der Waals surface area (Å²) in [5.41, 5.74) is 9.27. The summed E-state index contributed by atoms with van der Waals surface area (Å²) in [6, 6.07) is 8.61. The topological polar surface area (TPSA) is 120 Å². The van der Waals surface area contributed by atoms with Crippen molar-refractivity contribution in [1.82, 2.24) is 14.6 Å². The van der Waals surface area contributed by atoms with Crippen molar-refractivity contribution in [2.75, 3.05) is 36.6 Å². The highest BCUT2D eigenvalue weighted by molar-refractivity contribution is 7.90. The molecule has 9 nitrogen and oxygen atoms in total. The molecule has 0 saturated carbocycles. The van der Waals surface area contributed by atoms with E-state index in [1.54, 1.807) is 35.7 Å². The van der Waals surface area contributed by atoms with Gasteiger partial charge in [0.15, 0.2) is 15.7 Å². The quantitative estimate of drug-likeness (QED) is 0.596. The zero-order valence-electron chi connectivity index (χ0n) is 17.5. The van der Waals surface area contributed by atoms with Gasteiger partial charge in [0.25, 0.3) is 0 Å². The molecule has 31 heavy (non-hydrogen) atoms. The highest BCUT2D eigenvalue weighted by Gasteiger charge is 2.29. The molecule has 0 aliphatic carbocycles. The van der Waals surface area contributed by atoms with Crippen LogP contribution >= 0.6 is 0 Å². The van der Waals surface area contributed by atoms with Crippen LogP contribution in [0.2, 0.25) is 0 Å². The number of carbonyl (C=O) groups excluding carboxylic acids is 1. The SMILES string of the molecule is CCOC(=O)[C@H]1CCCN(c2cc(-c3ccc(S(C)(=O)=O)cc3)n3ncnc(N)c23)C1. The minimum atomic E-state index is -3.29. The third-order valence-corrected chi connectivity index (χ3v) is 6.65. The van der Waals surface area contributed by atoms with Crippen molar-refractivity contribution in [3.63, 3.8) is 0 Å². The third kappa shape index (κ3) is 4.07. The summed E-state index contributed by atoms with van der Waals surface area (Å²) in [4.78, 5) is 18.8. The lowest BCUT2D eigenvalue weighted by atomic mass is 9.97. The standard InChI is InChI=1S/C21H25N5O4S/c1-3-30-21(27)15-5-4-10-25(12-15)18-11-17(26-19(18)20(22)23-13-24-26)14-6-8-16(9-7-14)31(2,28)29/h6-9,11,13,15H,3-5,10,12H2,1-2H3,(H2,22,23,24)/t15-/m0/s1. The molecule has 164 valence electrons. The Balaban J connectivity index is 1.76. The van der Waals surface area contributed by atoms with E-state index >= 15 is 0 Å². The van der Waals surface area contributed by atoms with E-state index in [1.165, 1.54) is 12.6 Å². The Morgan fingerprint density at radius 2 is 2.03 bits per heavy atom. The van der Waals surface area contributed by atoms with Crippen molar-refractivity contribution < 1.29 is 17.9 Å². The molecule has 1 atom stereocenters. The number of aromatic nitrogens is 3. The second-order valence-corrected chi connectivity index (χ2v) is 9.67. The Kier molecular flexibility index (Phi) is 5.57. The number of anilines is 2. The molecule has 0 spiro atoms. The molecule has 1 aromatic carbocycles. The molecule has 1 aliphatic heterocycles. The van der Waals surface area contributed by atoms with Crippen LogP contribution in [-0.2, 0) is 19.4 Å². The minimum Gasteiger partial charge on any atom is -0.466 e. The molecule has 0 unspecified atom stereocenters. The molecule has 1 saturated heterocycles. The van der Waals surface area contributed by atoms with Crippen LogP contribution in [-0.4, -0.2) is 54.9 Å². The number of nitrogens with two attached hydrogens (primary N) is 1. The summed E-state index contributed by atoms with van der Waals surface area (Å²) in [6.07, 6.45) is 4.20. The fourth-order valence-electron chi connectivity index (χ4n) is 4.02. The summed E-state index contributed by atoms with van der Waals surface area (Å²) in [5.74, 6) is -0.0502. The Labute approximate surface area is 180 Å². The maximum Gasteiger partial charge on any atom is 0.310 e. The van der Waals surface area contributed by atoms with Gasteiger partial charge in [-0.25, -0.2) is 17.9 Å². The number of esters is 1. The van der Waals surface area contributed by atoms with Gasteiger partial charge in [0, 0.05) is 24.9 Å². The van der Waals surface area contributed by atoms with Gasteiger partial charge >= 0.3 is 5.97 Å². The van der Waals surface area contributed by atoms with Crippen LogP contribution in [0.5, 0.6) is 0 Å². The summed E-state index contributed by atoms with van der Waals surface area (Å²) in [7, 11) is -3.29. The fourth-order valence-corrected chi connectivity index (χ4v) is 4.65. The van der Waals surface area contributed by atoms with E-state index in [-0.39, 0.29) is 16.8 Å². The van der Waals surface area contributed by atoms with Gasteiger partial charge in [0.05, 0.1) is 28.8 Å². The highest BCUT2D eigenvalue weighted by atomic mass is 32.2. The molecule has 0 bridgehead atoms. The van der Waals surface area contributed by atoms with Crippen molar-refractivity contribution in [3.8, 4) is 11.3 Å². The molecule has 0 amide bonds. The summed E-state index contributed by atoms with van der Waals surface area (Å²) in [5, 5.41) is 4.38. The van der Waals surface area contributed by atoms with Crippen molar-refractivity contribution in [2.24, 2.45) is 5.92 Å². The lowest BCUT2D eigenvalue weighted by Crippen LogP contribution is -2.39. The lowest BCUT2D eigenvalue weighted by molar-refractivity contribution is -0.148. The second kappa shape index (κ2) is 8.18. The van der Waals surface area contributed by atoms with Gasteiger partial charge in [0.2, 0.25) is 0 Å². The maximum atomic E-state index is 12.3. The van der Waals surface area contributed by atoms with Gasteiger partial charge in [0.1, 0.15) is 11.8 Å². The fraction of sp³-hybridized carbons (Fsp3) is 0.381. The van der Waals surface area contributed by atoms with Gasteiger partial charge in [-0.1, -0.05) is 12.1 Å². The average molecular weight is 444 g/mol.